The van der Waals surface area contributed by atoms with Crippen molar-refractivity contribution in [3.63, 3.8) is 0 Å². The lowest BCUT2D eigenvalue weighted by Gasteiger charge is -2.37. The molecule has 0 aliphatic carbocycles. The number of ether oxygens (including phenoxy) is 1. The van der Waals surface area contributed by atoms with Crippen molar-refractivity contribution >= 4 is 11.6 Å². The lowest BCUT2D eigenvalue weighted by atomic mass is 10.1. The normalized spacial score (nSPS) is 16.9. The van der Waals surface area contributed by atoms with Crippen LogP contribution >= 0.6 is 0 Å². The second-order valence-corrected chi connectivity index (χ2v) is 5.12. The Balaban J connectivity index is 1.99. The lowest BCUT2D eigenvalue weighted by Crippen LogP contribution is -2.51. The number of carbonyl (C=O) groups excluding carboxylic acids is 1. The molecule has 1 atom stereocenters. The van der Waals surface area contributed by atoms with Crippen LogP contribution in [0.5, 0.6) is 5.75 Å². The van der Waals surface area contributed by atoms with Gasteiger partial charge in [0, 0.05) is 38.6 Å². The Morgan fingerprint density at radius 3 is 2.55 bits per heavy atom. The number of piperazine rings is 1. The molecule has 0 spiro atoms. The number of nitrogens with two attached hydrogens (primary N) is 1. The largest absolute Gasteiger partial charge is 0.495 e. The van der Waals surface area contributed by atoms with E-state index in [0.717, 1.165) is 37.6 Å². The van der Waals surface area contributed by atoms with E-state index in [1.165, 1.54) is 0 Å². The van der Waals surface area contributed by atoms with E-state index in [-0.39, 0.29) is 11.8 Å². The first-order valence-electron chi connectivity index (χ1n) is 7.04. The van der Waals surface area contributed by atoms with Crippen LogP contribution < -0.4 is 15.4 Å². The fourth-order valence-corrected chi connectivity index (χ4v) is 2.47. The van der Waals surface area contributed by atoms with Crippen molar-refractivity contribution in [3.05, 3.63) is 24.3 Å². The van der Waals surface area contributed by atoms with Crippen LogP contribution in [0, 0.1) is 5.92 Å². The number of benzene rings is 1. The number of carbonyl (C=O) groups is 1. The molecule has 1 fully saturated rings. The molecule has 0 bridgehead atoms. The molecule has 0 radical (unpaired) electrons. The molecule has 1 amide bonds. The molecule has 0 unspecified atom stereocenters. The molecule has 5 nitrogen and oxygen atoms in total. The molecule has 2 rings (SSSR count). The van der Waals surface area contributed by atoms with E-state index in [2.05, 4.69) is 11.0 Å². The van der Waals surface area contributed by atoms with Crippen molar-refractivity contribution in [1.82, 2.24) is 4.90 Å². The van der Waals surface area contributed by atoms with Crippen LogP contribution in [0.15, 0.2) is 24.3 Å². The molecule has 1 saturated heterocycles. The topological polar surface area (TPSA) is 58.8 Å². The number of amides is 1. The molecule has 0 saturated carbocycles. The Morgan fingerprint density at radius 1 is 1.30 bits per heavy atom. The number of hydrogen-bond acceptors (Lipinski definition) is 4. The van der Waals surface area contributed by atoms with E-state index in [0.29, 0.717) is 6.54 Å². The average molecular weight is 277 g/mol. The van der Waals surface area contributed by atoms with Gasteiger partial charge in [0.15, 0.2) is 0 Å². The highest BCUT2D eigenvalue weighted by molar-refractivity contribution is 5.79. The number of nitrogens with zero attached hydrogens (tertiary/aromatic N) is 2. The van der Waals surface area contributed by atoms with Crippen LogP contribution in [-0.4, -0.2) is 50.6 Å². The minimum atomic E-state index is -0.0900. The highest BCUT2D eigenvalue weighted by Gasteiger charge is 2.25. The third-order valence-corrected chi connectivity index (χ3v) is 3.79. The second-order valence-electron chi connectivity index (χ2n) is 5.12. The monoisotopic (exact) mass is 277 g/mol. The Hall–Kier alpha value is -1.75. The van der Waals surface area contributed by atoms with Gasteiger partial charge in [0.05, 0.1) is 12.8 Å². The van der Waals surface area contributed by atoms with Gasteiger partial charge in [0.2, 0.25) is 5.91 Å². The molecule has 1 aliphatic heterocycles. The highest BCUT2D eigenvalue weighted by Crippen LogP contribution is 2.28. The molecular formula is C15H23N3O2. The van der Waals surface area contributed by atoms with Crippen LogP contribution in [0.25, 0.3) is 0 Å². The van der Waals surface area contributed by atoms with Gasteiger partial charge >= 0.3 is 0 Å². The van der Waals surface area contributed by atoms with Gasteiger partial charge in [0.25, 0.3) is 0 Å². The Kier molecular flexibility index (Phi) is 4.84. The van der Waals surface area contributed by atoms with Crippen LogP contribution in [-0.2, 0) is 4.79 Å². The number of para-hydroxylation sites is 2. The van der Waals surface area contributed by atoms with Gasteiger partial charge in [-0.1, -0.05) is 19.1 Å². The predicted molar refractivity (Wildman–Crippen MR) is 80.0 cm³/mol. The van der Waals surface area contributed by atoms with Crippen molar-refractivity contribution in [2.75, 3.05) is 44.7 Å². The SMILES string of the molecule is COc1ccccc1N1CCN(C(=O)[C@H](C)CN)CC1. The van der Waals surface area contributed by atoms with E-state index in [9.17, 15) is 4.79 Å². The van der Waals surface area contributed by atoms with E-state index < -0.39 is 0 Å². The third-order valence-electron chi connectivity index (χ3n) is 3.79. The summed E-state index contributed by atoms with van der Waals surface area (Å²) in [7, 11) is 1.68. The number of anilines is 1. The summed E-state index contributed by atoms with van der Waals surface area (Å²) in [6.07, 6.45) is 0. The molecule has 1 aromatic rings. The van der Waals surface area contributed by atoms with Gasteiger partial charge in [-0.05, 0) is 12.1 Å². The highest BCUT2D eigenvalue weighted by atomic mass is 16.5. The zero-order valence-electron chi connectivity index (χ0n) is 12.2. The number of rotatable bonds is 4. The maximum Gasteiger partial charge on any atom is 0.226 e. The zero-order valence-corrected chi connectivity index (χ0v) is 12.2. The standard InChI is InChI=1S/C15H23N3O2/c1-12(11-16)15(19)18-9-7-17(8-10-18)13-5-3-4-6-14(13)20-2/h3-6,12H,7-11,16H2,1-2H3/t12-/m1/s1. The first-order chi connectivity index (χ1) is 9.67. The lowest BCUT2D eigenvalue weighted by molar-refractivity contribution is -0.134. The fourth-order valence-electron chi connectivity index (χ4n) is 2.47. The van der Waals surface area contributed by atoms with Gasteiger partial charge in [-0.2, -0.15) is 0 Å². The Labute approximate surface area is 120 Å². The van der Waals surface area contributed by atoms with Crippen LogP contribution in [0.1, 0.15) is 6.92 Å². The van der Waals surface area contributed by atoms with Crippen molar-refractivity contribution in [3.8, 4) is 5.75 Å². The maximum atomic E-state index is 12.1. The fraction of sp³-hybridized carbons (Fsp3) is 0.533. The molecule has 0 aromatic heterocycles. The summed E-state index contributed by atoms with van der Waals surface area (Å²) in [5.41, 5.74) is 6.65. The average Bonchev–Trinajstić information content (AvgIpc) is 2.53. The Morgan fingerprint density at radius 2 is 1.95 bits per heavy atom. The van der Waals surface area contributed by atoms with Crippen molar-refractivity contribution in [1.29, 1.82) is 0 Å². The summed E-state index contributed by atoms with van der Waals surface area (Å²) in [5.74, 6) is 0.947. The van der Waals surface area contributed by atoms with Crippen LogP contribution in [0.2, 0.25) is 0 Å². The summed E-state index contributed by atoms with van der Waals surface area (Å²) >= 11 is 0. The first kappa shape index (κ1) is 14.7. The molecule has 1 aliphatic rings. The van der Waals surface area contributed by atoms with Gasteiger partial charge in [-0.25, -0.2) is 0 Å². The smallest absolute Gasteiger partial charge is 0.226 e. The summed E-state index contributed by atoms with van der Waals surface area (Å²) in [5, 5.41) is 0. The quantitative estimate of drug-likeness (QED) is 0.890. The van der Waals surface area contributed by atoms with Crippen molar-refractivity contribution in [2.24, 2.45) is 11.7 Å². The third kappa shape index (κ3) is 3.04. The summed E-state index contributed by atoms with van der Waals surface area (Å²) in [4.78, 5) is 16.3. The molecule has 2 N–H and O–H groups in total. The van der Waals surface area contributed by atoms with Crippen LogP contribution in [0.4, 0.5) is 5.69 Å². The molecule has 1 heterocycles. The molecule has 110 valence electrons. The number of hydrogen-bond donors (Lipinski definition) is 1. The van der Waals surface area contributed by atoms with Crippen molar-refractivity contribution in [2.45, 2.75) is 6.92 Å². The minimum Gasteiger partial charge on any atom is -0.495 e. The van der Waals surface area contributed by atoms with Gasteiger partial charge in [-0.3, -0.25) is 4.79 Å². The first-order valence-corrected chi connectivity index (χ1v) is 7.04. The minimum absolute atomic E-state index is 0.0900. The maximum absolute atomic E-state index is 12.1. The van der Waals surface area contributed by atoms with E-state index in [1.807, 2.05) is 30.0 Å². The van der Waals surface area contributed by atoms with E-state index >= 15 is 0 Å². The summed E-state index contributed by atoms with van der Waals surface area (Å²) in [6.45, 7) is 5.41. The predicted octanol–water partition coefficient (Wildman–Crippen LogP) is 0.939. The second kappa shape index (κ2) is 6.61. The Bertz CT molecular complexity index is 456. The zero-order chi connectivity index (χ0) is 14.5. The molecular weight excluding hydrogens is 254 g/mol. The van der Waals surface area contributed by atoms with E-state index in [1.54, 1.807) is 7.11 Å². The molecule has 5 heteroatoms. The molecule has 1 aromatic carbocycles. The van der Waals surface area contributed by atoms with Crippen LogP contribution in [0.3, 0.4) is 0 Å². The van der Waals surface area contributed by atoms with Crippen molar-refractivity contribution < 1.29 is 9.53 Å². The molecule has 20 heavy (non-hydrogen) atoms. The summed E-state index contributed by atoms with van der Waals surface area (Å²) < 4.78 is 5.39. The van der Waals surface area contributed by atoms with Gasteiger partial charge in [0.1, 0.15) is 5.75 Å². The van der Waals surface area contributed by atoms with Gasteiger partial charge in [-0.15, -0.1) is 0 Å². The summed E-state index contributed by atoms with van der Waals surface area (Å²) in [6, 6.07) is 7.99. The number of methoxy groups -OCH3 is 1. The van der Waals surface area contributed by atoms with E-state index in [4.69, 9.17) is 10.5 Å². The van der Waals surface area contributed by atoms with Gasteiger partial charge < -0.3 is 20.3 Å².